The Morgan fingerprint density at radius 2 is 1.67 bits per heavy atom. The molecule has 4 heterocycles. The summed E-state index contributed by atoms with van der Waals surface area (Å²) in [5.41, 5.74) is 8.82. The van der Waals surface area contributed by atoms with Crippen molar-refractivity contribution in [1.82, 2.24) is 9.88 Å². The minimum atomic E-state index is -0.183. The van der Waals surface area contributed by atoms with Gasteiger partial charge in [-0.1, -0.05) is 77.1 Å². The average molecular weight is 517 g/mol. The van der Waals surface area contributed by atoms with Crippen LogP contribution in [-0.4, -0.2) is 23.5 Å². The van der Waals surface area contributed by atoms with E-state index in [2.05, 4.69) is 147 Å². The van der Waals surface area contributed by atoms with Gasteiger partial charge < -0.3 is 4.90 Å². The topological polar surface area (TPSA) is 23.9 Å². The summed E-state index contributed by atoms with van der Waals surface area (Å²) in [6.07, 6.45) is 11.1. The molecule has 4 nitrogen and oxygen atoms in total. The van der Waals surface area contributed by atoms with E-state index in [4.69, 9.17) is 4.98 Å². The summed E-state index contributed by atoms with van der Waals surface area (Å²) in [5.74, 6) is 0. The molecule has 0 aliphatic carbocycles. The molecule has 0 amide bonds. The number of hydrogen-bond donors (Lipinski definition) is 0. The third-order valence-electron chi connectivity index (χ3n) is 9.02. The van der Waals surface area contributed by atoms with Crippen LogP contribution in [0.3, 0.4) is 0 Å². The summed E-state index contributed by atoms with van der Waals surface area (Å²) in [7, 11) is 2.21. The zero-order chi connectivity index (χ0) is 27.4. The molecular weight excluding hydrogens is 476 g/mol. The Hall–Kier alpha value is -3.79. The molecule has 4 heteroatoms. The van der Waals surface area contributed by atoms with Crippen molar-refractivity contribution in [2.24, 2.45) is 5.41 Å². The van der Waals surface area contributed by atoms with Crippen molar-refractivity contribution >= 4 is 16.6 Å². The highest BCUT2D eigenvalue weighted by Gasteiger charge is 2.55. The van der Waals surface area contributed by atoms with Gasteiger partial charge in [0, 0.05) is 36.9 Å². The highest BCUT2D eigenvalue weighted by molar-refractivity contribution is 5.91. The number of pyridine rings is 1. The summed E-state index contributed by atoms with van der Waals surface area (Å²) in [5, 5.41) is 1.21. The van der Waals surface area contributed by atoms with Crippen LogP contribution >= 0.6 is 0 Å². The Labute approximate surface area is 233 Å². The number of aromatic nitrogens is 3. The number of nitrogens with zero attached hydrogens (tertiary/aromatic N) is 4. The van der Waals surface area contributed by atoms with E-state index in [1.165, 1.54) is 39.2 Å². The molecule has 0 fully saturated rings. The molecule has 0 radical (unpaired) electrons. The summed E-state index contributed by atoms with van der Waals surface area (Å²) in [6.45, 7) is 12.5. The van der Waals surface area contributed by atoms with E-state index in [0.29, 0.717) is 0 Å². The second kappa shape index (κ2) is 9.44. The molecule has 6 rings (SSSR count). The van der Waals surface area contributed by atoms with E-state index < -0.39 is 0 Å². The normalized spacial score (nSPS) is 18.3. The number of para-hydroxylation sites is 1. The Bertz CT molecular complexity index is 1620. The van der Waals surface area contributed by atoms with Gasteiger partial charge in [-0.15, -0.1) is 0 Å². The smallest absolute Gasteiger partial charge is 0.288 e. The highest BCUT2D eigenvalue weighted by atomic mass is 15.2. The van der Waals surface area contributed by atoms with Crippen molar-refractivity contribution in [2.75, 3.05) is 13.6 Å². The van der Waals surface area contributed by atoms with E-state index in [1.807, 2.05) is 0 Å². The SMILES string of the molecule is CCC1(CC)C([n+]2ccccc2C2=CC(C(C)(C)C)=CCN2C)c2ccccc2-c2c3ccccc3nc[n+]21. The highest BCUT2D eigenvalue weighted by Crippen LogP contribution is 2.45. The maximum absolute atomic E-state index is 4.97. The van der Waals surface area contributed by atoms with E-state index >= 15 is 0 Å². The van der Waals surface area contributed by atoms with Gasteiger partial charge in [0.25, 0.3) is 6.33 Å². The number of rotatable bonds is 4. The Morgan fingerprint density at radius 1 is 0.949 bits per heavy atom. The third-order valence-corrected chi connectivity index (χ3v) is 9.02. The lowest BCUT2D eigenvalue weighted by atomic mass is 9.74. The Morgan fingerprint density at radius 3 is 2.44 bits per heavy atom. The summed E-state index contributed by atoms with van der Waals surface area (Å²) in [4.78, 5) is 7.36. The first-order chi connectivity index (χ1) is 18.8. The molecule has 0 spiro atoms. The maximum atomic E-state index is 4.97. The summed E-state index contributed by atoms with van der Waals surface area (Å²) in [6, 6.07) is 24.4. The first-order valence-electron chi connectivity index (χ1n) is 14.3. The van der Waals surface area contributed by atoms with Gasteiger partial charge in [-0.2, -0.15) is 4.57 Å². The quantitative estimate of drug-likeness (QED) is 0.277. The van der Waals surface area contributed by atoms with Crippen molar-refractivity contribution in [3.05, 3.63) is 108 Å². The van der Waals surface area contributed by atoms with Crippen molar-refractivity contribution < 1.29 is 9.13 Å². The molecule has 0 bridgehead atoms. The van der Waals surface area contributed by atoms with Crippen molar-refractivity contribution in [3.63, 3.8) is 0 Å². The minimum Gasteiger partial charge on any atom is -0.365 e. The van der Waals surface area contributed by atoms with E-state index in [1.54, 1.807) is 0 Å². The number of benzene rings is 2. The lowest BCUT2D eigenvalue weighted by Crippen LogP contribution is -2.69. The summed E-state index contributed by atoms with van der Waals surface area (Å²) < 4.78 is 5.05. The summed E-state index contributed by atoms with van der Waals surface area (Å²) >= 11 is 0. The second-order valence-corrected chi connectivity index (χ2v) is 12.1. The molecule has 0 N–H and O–H groups in total. The monoisotopic (exact) mass is 516 g/mol. The van der Waals surface area contributed by atoms with Gasteiger partial charge >= 0.3 is 0 Å². The van der Waals surface area contributed by atoms with Gasteiger partial charge in [-0.05, 0) is 53.1 Å². The predicted octanol–water partition coefficient (Wildman–Crippen LogP) is 6.85. The molecule has 0 saturated heterocycles. The third kappa shape index (κ3) is 3.92. The van der Waals surface area contributed by atoms with Crippen LogP contribution in [0.25, 0.3) is 27.9 Å². The van der Waals surface area contributed by atoms with Crippen LogP contribution in [0.15, 0.2) is 97.0 Å². The molecule has 2 aliphatic rings. The molecule has 39 heavy (non-hydrogen) atoms. The first-order valence-corrected chi connectivity index (χ1v) is 14.3. The van der Waals surface area contributed by atoms with Gasteiger partial charge in [0.15, 0.2) is 17.3 Å². The van der Waals surface area contributed by atoms with Crippen LogP contribution in [0.5, 0.6) is 0 Å². The number of allylic oxidation sites excluding steroid dienone is 2. The number of hydrogen-bond acceptors (Lipinski definition) is 2. The standard InChI is InChI=1S/C35H40N4/c1-7-35(8-2)33(38-21-14-13-19-30(38)31-23-25(34(3,4)5)20-22-37(31)6)27-16-10-9-15-26(27)32-28-17-11-12-18-29(28)36-24-39(32)35/h9-21,23-24,33H,7-8,22H2,1-6H3/q+2. The fraction of sp³-hybridized carbons (Fsp3) is 0.343. The minimum absolute atomic E-state index is 0.0989. The van der Waals surface area contributed by atoms with Gasteiger partial charge in [-0.3, -0.25) is 0 Å². The van der Waals surface area contributed by atoms with Crippen LogP contribution < -0.4 is 9.13 Å². The van der Waals surface area contributed by atoms with Gasteiger partial charge in [0.1, 0.15) is 11.4 Å². The van der Waals surface area contributed by atoms with E-state index in [-0.39, 0.29) is 17.0 Å². The van der Waals surface area contributed by atoms with Crippen molar-refractivity contribution in [2.45, 2.75) is 59.0 Å². The largest absolute Gasteiger partial charge is 0.365 e. The molecular formula is C35H40N4+2. The average Bonchev–Trinajstić information content (AvgIpc) is 2.96. The lowest BCUT2D eigenvalue weighted by molar-refractivity contribution is -0.843. The van der Waals surface area contributed by atoms with Crippen LogP contribution in [0.4, 0.5) is 0 Å². The van der Waals surface area contributed by atoms with Crippen LogP contribution in [0, 0.1) is 5.41 Å². The van der Waals surface area contributed by atoms with Crippen molar-refractivity contribution in [3.8, 4) is 11.3 Å². The Kier molecular flexibility index (Phi) is 6.17. The molecule has 4 aromatic rings. The fourth-order valence-electron chi connectivity index (χ4n) is 6.81. The van der Waals surface area contributed by atoms with Crippen LogP contribution in [-0.2, 0) is 5.54 Å². The molecule has 0 saturated carbocycles. The molecule has 2 aliphatic heterocycles. The van der Waals surface area contributed by atoms with Gasteiger partial charge in [0.2, 0.25) is 11.7 Å². The fourth-order valence-corrected chi connectivity index (χ4v) is 6.81. The van der Waals surface area contributed by atoms with E-state index in [0.717, 1.165) is 24.9 Å². The molecule has 198 valence electrons. The zero-order valence-corrected chi connectivity index (χ0v) is 24.1. The predicted molar refractivity (Wildman–Crippen MR) is 159 cm³/mol. The van der Waals surface area contributed by atoms with Gasteiger partial charge in [-0.25, -0.2) is 4.57 Å². The number of likely N-dealkylation sites (N-methyl/N-ethyl adjacent to an activating group) is 1. The van der Waals surface area contributed by atoms with E-state index in [9.17, 15) is 0 Å². The van der Waals surface area contributed by atoms with Crippen LogP contribution in [0.2, 0.25) is 0 Å². The van der Waals surface area contributed by atoms with Crippen molar-refractivity contribution in [1.29, 1.82) is 0 Å². The van der Waals surface area contributed by atoms with Gasteiger partial charge in [0.05, 0.1) is 5.39 Å². The Balaban J connectivity index is 1.65. The molecule has 2 aromatic heterocycles. The second-order valence-electron chi connectivity index (χ2n) is 12.1. The zero-order valence-electron chi connectivity index (χ0n) is 24.1. The lowest BCUT2D eigenvalue weighted by Gasteiger charge is -2.40. The van der Waals surface area contributed by atoms with Crippen LogP contribution in [0.1, 0.15) is 64.8 Å². The molecule has 1 unspecified atom stereocenters. The maximum Gasteiger partial charge on any atom is 0.288 e. The molecule has 2 aromatic carbocycles. The molecule has 1 atom stereocenters. The first kappa shape index (κ1) is 25.5. The number of fused-ring (bicyclic) bond motifs is 5.